The van der Waals surface area contributed by atoms with Gasteiger partial charge in [-0.15, -0.1) is 0 Å². The Balaban J connectivity index is 1.58. The fourth-order valence-electron chi connectivity index (χ4n) is 4.76. The smallest absolute Gasteiger partial charge is 0.276 e. The number of aryl methyl sites for hydroxylation is 1. The molecule has 28 heavy (non-hydrogen) atoms. The molecule has 0 radical (unpaired) electrons. The Morgan fingerprint density at radius 1 is 1.25 bits per heavy atom. The second-order valence-electron chi connectivity index (χ2n) is 7.84. The van der Waals surface area contributed by atoms with Crippen LogP contribution < -0.4 is 0 Å². The summed E-state index contributed by atoms with van der Waals surface area (Å²) in [6.45, 7) is 5.64. The molecule has 2 aromatic rings. The Kier molecular flexibility index (Phi) is 4.91. The van der Waals surface area contributed by atoms with E-state index >= 15 is 0 Å². The lowest BCUT2D eigenvalue weighted by Gasteiger charge is -2.51. The van der Waals surface area contributed by atoms with Crippen LogP contribution in [-0.2, 0) is 11.3 Å². The molecule has 2 fully saturated rings. The van der Waals surface area contributed by atoms with Crippen molar-refractivity contribution in [2.45, 2.75) is 52.1 Å². The highest BCUT2D eigenvalue weighted by atomic mass is 16.3. The summed E-state index contributed by atoms with van der Waals surface area (Å²) in [4.78, 5) is 38.8. The van der Waals surface area contributed by atoms with Crippen LogP contribution in [0.25, 0.3) is 0 Å². The number of pyridine rings is 1. The molecule has 7 heteroatoms. The molecule has 2 aliphatic rings. The van der Waals surface area contributed by atoms with E-state index < -0.39 is 5.41 Å². The molecule has 1 spiro atoms. The number of rotatable bonds is 3. The normalized spacial score (nSPS) is 25.4. The number of carbonyl (C=O) groups is 2. The zero-order chi connectivity index (χ0) is 19.7. The van der Waals surface area contributed by atoms with Crippen molar-refractivity contribution in [3.8, 4) is 0 Å². The Labute approximate surface area is 164 Å². The molecule has 4 heterocycles. The number of hydrogen-bond donors (Lipinski definition) is 0. The first kappa shape index (κ1) is 18.7. The first-order valence-corrected chi connectivity index (χ1v) is 9.93. The van der Waals surface area contributed by atoms with Gasteiger partial charge in [0.2, 0.25) is 5.91 Å². The van der Waals surface area contributed by atoms with E-state index in [2.05, 4.69) is 9.97 Å². The predicted octanol–water partition coefficient (Wildman–Crippen LogP) is 2.81. The molecule has 4 rings (SSSR count). The van der Waals surface area contributed by atoms with Gasteiger partial charge in [0.25, 0.3) is 5.91 Å². The SMILES string of the molecule is Cc1ocnc1C(=O)N1CCC[C@@]2(CCCN(Cc3ccccn3)C2=O)[C@H]1C. The third kappa shape index (κ3) is 3.08. The first-order valence-electron chi connectivity index (χ1n) is 9.93. The van der Waals surface area contributed by atoms with Crippen molar-refractivity contribution in [2.24, 2.45) is 5.41 Å². The van der Waals surface area contributed by atoms with Crippen LogP contribution in [0.5, 0.6) is 0 Å². The maximum Gasteiger partial charge on any atom is 0.276 e. The fourth-order valence-corrected chi connectivity index (χ4v) is 4.76. The van der Waals surface area contributed by atoms with Crippen LogP contribution in [0.15, 0.2) is 35.2 Å². The minimum atomic E-state index is -0.529. The molecule has 0 unspecified atom stereocenters. The van der Waals surface area contributed by atoms with Crippen molar-refractivity contribution in [1.82, 2.24) is 19.8 Å². The Morgan fingerprint density at radius 3 is 2.71 bits per heavy atom. The van der Waals surface area contributed by atoms with E-state index in [1.54, 1.807) is 13.1 Å². The summed E-state index contributed by atoms with van der Waals surface area (Å²) >= 11 is 0. The van der Waals surface area contributed by atoms with E-state index in [0.717, 1.165) is 37.9 Å². The zero-order valence-electron chi connectivity index (χ0n) is 16.4. The molecule has 2 aromatic heterocycles. The topological polar surface area (TPSA) is 79.5 Å². The van der Waals surface area contributed by atoms with Crippen LogP contribution in [-0.4, -0.2) is 50.7 Å². The van der Waals surface area contributed by atoms with E-state index in [1.165, 1.54) is 6.39 Å². The van der Waals surface area contributed by atoms with Crippen LogP contribution in [0, 0.1) is 12.3 Å². The quantitative estimate of drug-likeness (QED) is 0.816. The van der Waals surface area contributed by atoms with E-state index in [-0.39, 0.29) is 17.9 Å². The van der Waals surface area contributed by atoms with Crippen molar-refractivity contribution in [2.75, 3.05) is 13.1 Å². The van der Waals surface area contributed by atoms with E-state index in [1.807, 2.05) is 34.9 Å². The number of nitrogens with zero attached hydrogens (tertiary/aromatic N) is 4. The number of hydrogen-bond acceptors (Lipinski definition) is 5. The van der Waals surface area contributed by atoms with Gasteiger partial charge in [-0.3, -0.25) is 14.6 Å². The number of aromatic nitrogens is 2. The molecule has 0 bridgehead atoms. The lowest BCUT2D eigenvalue weighted by Crippen LogP contribution is -2.61. The first-order chi connectivity index (χ1) is 13.5. The molecule has 0 aliphatic carbocycles. The number of oxazole rings is 1. The van der Waals surface area contributed by atoms with Crippen molar-refractivity contribution in [1.29, 1.82) is 0 Å². The summed E-state index contributed by atoms with van der Waals surface area (Å²) in [5.41, 5.74) is 0.707. The second-order valence-corrected chi connectivity index (χ2v) is 7.84. The lowest BCUT2D eigenvalue weighted by atomic mass is 9.67. The van der Waals surface area contributed by atoms with Gasteiger partial charge in [-0.1, -0.05) is 6.07 Å². The number of likely N-dealkylation sites (tertiary alicyclic amines) is 2. The summed E-state index contributed by atoms with van der Waals surface area (Å²) in [6, 6.07) is 5.59. The van der Waals surface area contributed by atoms with Crippen molar-refractivity contribution < 1.29 is 14.0 Å². The van der Waals surface area contributed by atoms with Crippen LogP contribution >= 0.6 is 0 Å². The highest BCUT2D eigenvalue weighted by Gasteiger charge is 2.52. The number of carbonyl (C=O) groups excluding carboxylic acids is 2. The van der Waals surface area contributed by atoms with Gasteiger partial charge in [0.05, 0.1) is 17.7 Å². The van der Waals surface area contributed by atoms with Crippen LogP contribution in [0.4, 0.5) is 0 Å². The third-order valence-electron chi connectivity index (χ3n) is 6.34. The van der Waals surface area contributed by atoms with Gasteiger partial charge in [0.1, 0.15) is 5.76 Å². The van der Waals surface area contributed by atoms with E-state index in [4.69, 9.17) is 4.42 Å². The molecule has 0 N–H and O–H groups in total. The second kappa shape index (κ2) is 7.37. The monoisotopic (exact) mass is 382 g/mol. The molecule has 7 nitrogen and oxygen atoms in total. The van der Waals surface area contributed by atoms with Crippen LogP contribution in [0.3, 0.4) is 0 Å². The third-order valence-corrected chi connectivity index (χ3v) is 6.34. The Morgan fingerprint density at radius 2 is 2.04 bits per heavy atom. The van der Waals surface area contributed by atoms with Gasteiger partial charge >= 0.3 is 0 Å². The molecule has 0 aromatic carbocycles. The molecule has 148 valence electrons. The largest absolute Gasteiger partial charge is 0.448 e. The minimum absolute atomic E-state index is 0.145. The van der Waals surface area contributed by atoms with E-state index in [9.17, 15) is 9.59 Å². The Hall–Kier alpha value is -2.70. The molecule has 2 atom stereocenters. The van der Waals surface area contributed by atoms with Crippen molar-refractivity contribution in [3.05, 3.63) is 47.9 Å². The molecular weight excluding hydrogens is 356 g/mol. The predicted molar refractivity (Wildman–Crippen MR) is 102 cm³/mol. The summed E-state index contributed by atoms with van der Waals surface area (Å²) in [6.07, 6.45) is 6.43. The lowest BCUT2D eigenvalue weighted by molar-refractivity contribution is -0.154. The summed E-state index contributed by atoms with van der Waals surface area (Å²) in [5, 5.41) is 0. The van der Waals surface area contributed by atoms with Gasteiger partial charge in [-0.2, -0.15) is 0 Å². The average Bonchev–Trinajstić information content (AvgIpc) is 3.13. The van der Waals surface area contributed by atoms with Crippen molar-refractivity contribution >= 4 is 11.8 Å². The van der Waals surface area contributed by atoms with Gasteiger partial charge < -0.3 is 14.2 Å². The minimum Gasteiger partial charge on any atom is -0.448 e. The maximum absolute atomic E-state index is 13.6. The fraction of sp³-hybridized carbons (Fsp3) is 0.524. The zero-order valence-corrected chi connectivity index (χ0v) is 16.4. The van der Waals surface area contributed by atoms with Crippen LogP contribution in [0.2, 0.25) is 0 Å². The summed E-state index contributed by atoms with van der Waals surface area (Å²) in [7, 11) is 0. The number of piperidine rings is 2. The van der Waals surface area contributed by atoms with Crippen LogP contribution in [0.1, 0.15) is 54.5 Å². The highest BCUT2D eigenvalue weighted by molar-refractivity contribution is 5.94. The van der Waals surface area contributed by atoms with E-state index in [0.29, 0.717) is 24.5 Å². The standard InChI is InChI=1S/C21H26N4O3/c1-15-18(23-14-28-15)19(26)25-12-6-9-21(16(25)2)8-5-11-24(20(21)27)13-17-7-3-4-10-22-17/h3-4,7,10,14,16H,5-6,8-9,11-13H2,1-2H3/t16-,21+/m1/s1. The number of amides is 2. The molecular formula is C21H26N4O3. The molecule has 2 aliphatic heterocycles. The Bertz CT molecular complexity index is 862. The van der Waals surface area contributed by atoms with Gasteiger partial charge in [-0.05, 0) is 51.7 Å². The summed E-state index contributed by atoms with van der Waals surface area (Å²) in [5.74, 6) is 0.516. The van der Waals surface area contributed by atoms with Gasteiger partial charge in [0.15, 0.2) is 12.1 Å². The molecule has 2 saturated heterocycles. The highest BCUT2D eigenvalue weighted by Crippen LogP contribution is 2.44. The van der Waals surface area contributed by atoms with Crippen molar-refractivity contribution in [3.63, 3.8) is 0 Å². The van der Waals surface area contributed by atoms with Gasteiger partial charge in [0, 0.05) is 25.3 Å². The van der Waals surface area contributed by atoms with Gasteiger partial charge in [-0.25, -0.2) is 4.98 Å². The average molecular weight is 382 g/mol. The molecule has 2 amide bonds. The summed E-state index contributed by atoms with van der Waals surface area (Å²) < 4.78 is 5.21. The maximum atomic E-state index is 13.6. The molecule has 0 saturated carbocycles.